The maximum Gasteiger partial charge on any atom is 0.273 e. The van der Waals surface area contributed by atoms with Gasteiger partial charge in [-0.05, 0) is 41.5 Å². The maximum atomic E-state index is 13.4. The molecule has 0 saturated carbocycles. The number of hydrogen-bond acceptors (Lipinski definition) is 6. The summed E-state index contributed by atoms with van der Waals surface area (Å²) in [6.45, 7) is 0.230. The normalized spacial score (nSPS) is 12.0. The standard InChI is InChI=1S/C26H18N4O4S/c27-16-22(24(31)28-17-19-7-3-1-4-8-19)26-29(20-9-5-2-6-10-20)25(32)23(35-26)15-18-11-13-21(14-12-18)30(33)34/h1-15H,17H2,(H,28,31)/b23-15+,26-22-. The highest BCUT2D eigenvalue weighted by Gasteiger charge is 2.17. The van der Waals surface area contributed by atoms with Crippen LogP contribution in [0.15, 0.2) is 89.7 Å². The minimum Gasteiger partial charge on any atom is -0.347 e. The molecule has 1 aromatic heterocycles. The zero-order valence-electron chi connectivity index (χ0n) is 18.3. The van der Waals surface area contributed by atoms with Gasteiger partial charge in [-0.15, -0.1) is 11.3 Å². The number of carbonyl (C=O) groups excluding carboxylic acids is 1. The highest BCUT2D eigenvalue weighted by atomic mass is 32.1. The van der Waals surface area contributed by atoms with Crippen LogP contribution in [0.4, 0.5) is 5.69 Å². The molecule has 4 rings (SSSR count). The van der Waals surface area contributed by atoms with Crippen LogP contribution in [0.2, 0.25) is 0 Å². The highest BCUT2D eigenvalue weighted by Crippen LogP contribution is 2.12. The maximum absolute atomic E-state index is 13.4. The summed E-state index contributed by atoms with van der Waals surface area (Å²) in [7, 11) is 0. The number of benzene rings is 3. The van der Waals surface area contributed by atoms with Crippen LogP contribution in [-0.4, -0.2) is 15.4 Å². The summed E-state index contributed by atoms with van der Waals surface area (Å²) in [6, 6.07) is 25.7. The Morgan fingerprint density at radius 1 is 1.03 bits per heavy atom. The molecular weight excluding hydrogens is 464 g/mol. The molecule has 0 aliphatic carbocycles. The van der Waals surface area contributed by atoms with Crippen molar-refractivity contribution >= 4 is 34.6 Å². The van der Waals surface area contributed by atoms with E-state index in [1.807, 2.05) is 36.4 Å². The van der Waals surface area contributed by atoms with Crippen LogP contribution in [0, 0.1) is 21.4 Å². The van der Waals surface area contributed by atoms with E-state index < -0.39 is 16.4 Å². The van der Waals surface area contributed by atoms with Gasteiger partial charge in [-0.2, -0.15) is 5.26 Å². The van der Waals surface area contributed by atoms with Crippen molar-refractivity contribution in [2.45, 2.75) is 6.54 Å². The highest BCUT2D eigenvalue weighted by molar-refractivity contribution is 7.07. The number of amides is 1. The van der Waals surface area contributed by atoms with E-state index in [-0.39, 0.29) is 27.0 Å². The lowest BCUT2D eigenvalue weighted by Gasteiger charge is -2.06. The Hall–Kier alpha value is -4.81. The van der Waals surface area contributed by atoms with Crippen molar-refractivity contribution in [1.82, 2.24) is 9.88 Å². The van der Waals surface area contributed by atoms with Crippen LogP contribution < -0.4 is 20.1 Å². The second-order valence-corrected chi connectivity index (χ2v) is 8.43. The summed E-state index contributed by atoms with van der Waals surface area (Å²) in [5, 5.41) is 23.5. The second-order valence-electron chi connectivity index (χ2n) is 7.40. The zero-order chi connectivity index (χ0) is 24.8. The Bertz CT molecular complexity index is 1600. The van der Waals surface area contributed by atoms with E-state index in [0.29, 0.717) is 11.3 Å². The van der Waals surface area contributed by atoms with Crippen LogP contribution >= 0.6 is 11.3 Å². The van der Waals surface area contributed by atoms with Crippen LogP contribution in [0.5, 0.6) is 0 Å². The minimum absolute atomic E-state index is 0.0640. The van der Waals surface area contributed by atoms with E-state index in [9.17, 15) is 25.0 Å². The first-order valence-corrected chi connectivity index (χ1v) is 11.3. The number of hydrogen-bond donors (Lipinski definition) is 1. The number of nitrogens with zero attached hydrogens (tertiary/aromatic N) is 3. The molecule has 172 valence electrons. The van der Waals surface area contributed by atoms with Gasteiger partial charge < -0.3 is 5.32 Å². The van der Waals surface area contributed by atoms with Gasteiger partial charge in [0.25, 0.3) is 17.2 Å². The van der Waals surface area contributed by atoms with Crippen LogP contribution in [0.3, 0.4) is 0 Å². The van der Waals surface area contributed by atoms with Crippen molar-refractivity contribution in [2.24, 2.45) is 0 Å². The minimum atomic E-state index is -0.593. The van der Waals surface area contributed by atoms with E-state index >= 15 is 0 Å². The number of thiazole rings is 1. The first kappa shape index (κ1) is 23.4. The van der Waals surface area contributed by atoms with Gasteiger partial charge in [0.05, 0.1) is 15.1 Å². The van der Waals surface area contributed by atoms with Gasteiger partial charge in [-0.3, -0.25) is 24.3 Å². The van der Waals surface area contributed by atoms with Gasteiger partial charge in [0.2, 0.25) is 0 Å². The van der Waals surface area contributed by atoms with Gasteiger partial charge in [0, 0.05) is 18.7 Å². The van der Waals surface area contributed by atoms with E-state index in [1.54, 1.807) is 36.4 Å². The Balaban J connectivity index is 1.85. The predicted molar refractivity (Wildman–Crippen MR) is 133 cm³/mol. The molecule has 1 N–H and O–H groups in total. The van der Waals surface area contributed by atoms with Crippen molar-refractivity contribution in [3.8, 4) is 11.8 Å². The molecule has 0 atom stereocenters. The SMILES string of the molecule is N#C/C(C(=O)NCc1ccccc1)=c1/s/c(=C/c2ccc([N+](=O)[O-])cc2)c(=O)n1-c1ccccc1. The molecule has 0 radical (unpaired) electrons. The quantitative estimate of drug-likeness (QED) is 0.335. The van der Waals surface area contributed by atoms with Crippen molar-refractivity contribution in [1.29, 1.82) is 5.26 Å². The third-order valence-electron chi connectivity index (χ3n) is 5.09. The molecule has 8 nitrogen and oxygen atoms in total. The molecule has 35 heavy (non-hydrogen) atoms. The van der Waals surface area contributed by atoms with Crippen LogP contribution in [0.1, 0.15) is 11.1 Å². The summed E-state index contributed by atoms with van der Waals surface area (Å²) in [5.74, 6) is -0.593. The third-order valence-corrected chi connectivity index (χ3v) is 6.18. The fourth-order valence-corrected chi connectivity index (χ4v) is 4.47. The zero-order valence-corrected chi connectivity index (χ0v) is 19.1. The fraction of sp³-hybridized carbons (Fsp3) is 0.0385. The molecule has 0 aliphatic rings. The molecule has 3 aromatic carbocycles. The largest absolute Gasteiger partial charge is 0.347 e. The average molecular weight is 483 g/mol. The first-order chi connectivity index (χ1) is 17.0. The summed E-state index contributed by atoms with van der Waals surface area (Å²) in [5.41, 5.74) is 1.31. The second kappa shape index (κ2) is 10.4. The third kappa shape index (κ3) is 5.24. The van der Waals surface area contributed by atoms with Crippen LogP contribution in [-0.2, 0) is 11.3 Å². The molecule has 9 heteroatoms. The molecule has 0 aliphatic heterocycles. The van der Waals surface area contributed by atoms with Gasteiger partial charge >= 0.3 is 0 Å². The molecule has 0 saturated heterocycles. The smallest absolute Gasteiger partial charge is 0.273 e. The number of aromatic nitrogens is 1. The molecular formula is C26H18N4O4S. The Kier molecular flexibility index (Phi) is 6.95. The monoisotopic (exact) mass is 482 g/mol. The average Bonchev–Trinajstić information content (AvgIpc) is 3.20. The number of nitro benzene ring substituents is 1. The number of rotatable bonds is 6. The van der Waals surface area contributed by atoms with Crippen molar-refractivity contribution in [3.63, 3.8) is 0 Å². The number of carbonyl (C=O) groups is 1. The Morgan fingerprint density at radius 3 is 2.26 bits per heavy atom. The lowest BCUT2D eigenvalue weighted by Crippen LogP contribution is -2.33. The summed E-state index contributed by atoms with van der Waals surface area (Å²) < 4.78 is 1.81. The number of non-ortho nitro benzene ring substituents is 1. The Morgan fingerprint density at radius 2 is 1.66 bits per heavy atom. The topological polar surface area (TPSA) is 118 Å². The van der Waals surface area contributed by atoms with Crippen molar-refractivity contribution < 1.29 is 9.72 Å². The van der Waals surface area contributed by atoms with E-state index in [4.69, 9.17) is 0 Å². The number of para-hydroxylation sites is 1. The number of nitro groups is 1. The summed E-state index contributed by atoms with van der Waals surface area (Å²) >= 11 is 1.01. The summed E-state index contributed by atoms with van der Waals surface area (Å²) in [6.07, 6.45) is 1.58. The number of nitrogens with one attached hydrogen (secondary N) is 1. The molecule has 0 fully saturated rings. The molecule has 4 aromatic rings. The number of nitriles is 1. The van der Waals surface area contributed by atoms with Crippen LogP contribution in [0.25, 0.3) is 17.3 Å². The Labute approximate surface area is 203 Å². The lowest BCUT2D eigenvalue weighted by atomic mass is 10.2. The lowest BCUT2D eigenvalue weighted by molar-refractivity contribution is -0.384. The first-order valence-electron chi connectivity index (χ1n) is 10.5. The molecule has 0 bridgehead atoms. The van der Waals surface area contributed by atoms with Gasteiger partial charge in [-0.25, -0.2) is 0 Å². The summed E-state index contributed by atoms with van der Waals surface area (Å²) in [4.78, 5) is 36.7. The van der Waals surface area contributed by atoms with Crippen molar-refractivity contribution in [2.75, 3.05) is 0 Å². The van der Waals surface area contributed by atoms with Gasteiger partial charge in [0.1, 0.15) is 10.7 Å². The molecule has 1 amide bonds. The predicted octanol–water partition coefficient (Wildman–Crippen LogP) is 2.63. The van der Waals surface area contributed by atoms with E-state index in [1.165, 1.54) is 28.8 Å². The fourth-order valence-electron chi connectivity index (χ4n) is 3.37. The molecule has 0 spiro atoms. The molecule has 1 heterocycles. The van der Waals surface area contributed by atoms with Crippen molar-refractivity contribution in [3.05, 3.63) is 126 Å². The van der Waals surface area contributed by atoms with E-state index in [2.05, 4.69) is 5.32 Å². The van der Waals surface area contributed by atoms with E-state index in [0.717, 1.165) is 16.9 Å². The van der Waals surface area contributed by atoms with Gasteiger partial charge in [0.15, 0.2) is 5.57 Å². The van der Waals surface area contributed by atoms with Gasteiger partial charge in [-0.1, -0.05) is 48.5 Å². The molecule has 0 unspecified atom stereocenters.